The van der Waals surface area contributed by atoms with Gasteiger partial charge in [0.2, 0.25) is 0 Å². The standard InChI is InChI=1S/C18H21BrClN/c1-12(2)7-13-5-4-6-14(8-13)18(21-3)15-9-16(19)11-17(20)10-15/h4-6,8-12,18,21H,7H2,1-3H3. The number of nitrogens with one attached hydrogen (secondary N) is 1. The Labute approximate surface area is 140 Å². The van der Waals surface area contributed by atoms with Crippen molar-refractivity contribution in [2.24, 2.45) is 5.92 Å². The number of hydrogen-bond donors (Lipinski definition) is 1. The van der Waals surface area contributed by atoms with Crippen molar-refractivity contribution in [1.29, 1.82) is 0 Å². The Kier molecular flexibility index (Phi) is 5.86. The molecule has 0 amide bonds. The third kappa shape index (κ3) is 4.57. The van der Waals surface area contributed by atoms with Crippen molar-refractivity contribution in [3.63, 3.8) is 0 Å². The molecular formula is C18H21BrClN. The van der Waals surface area contributed by atoms with Gasteiger partial charge in [-0.05, 0) is 54.3 Å². The molecule has 1 N–H and O–H groups in total. The summed E-state index contributed by atoms with van der Waals surface area (Å²) < 4.78 is 1.00. The quantitative estimate of drug-likeness (QED) is 0.725. The van der Waals surface area contributed by atoms with Crippen LogP contribution in [-0.2, 0) is 6.42 Å². The van der Waals surface area contributed by atoms with E-state index in [2.05, 4.69) is 65.4 Å². The highest BCUT2D eigenvalue weighted by atomic mass is 79.9. The molecule has 1 nitrogen and oxygen atoms in total. The second kappa shape index (κ2) is 7.44. The molecule has 2 rings (SSSR count). The first kappa shape index (κ1) is 16.5. The average molecular weight is 367 g/mol. The van der Waals surface area contributed by atoms with Gasteiger partial charge in [0, 0.05) is 9.50 Å². The lowest BCUT2D eigenvalue weighted by Gasteiger charge is -2.19. The number of benzene rings is 2. The molecule has 0 radical (unpaired) electrons. The van der Waals surface area contributed by atoms with E-state index in [1.54, 1.807) is 0 Å². The summed E-state index contributed by atoms with van der Waals surface area (Å²) in [5.41, 5.74) is 3.81. The molecule has 0 aromatic heterocycles. The van der Waals surface area contributed by atoms with Gasteiger partial charge in [0.1, 0.15) is 0 Å². The highest BCUT2D eigenvalue weighted by Gasteiger charge is 2.14. The van der Waals surface area contributed by atoms with Crippen molar-refractivity contribution in [2.45, 2.75) is 26.3 Å². The van der Waals surface area contributed by atoms with Crippen molar-refractivity contribution in [3.05, 3.63) is 68.7 Å². The van der Waals surface area contributed by atoms with Crippen LogP contribution in [0.25, 0.3) is 0 Å². The van der Waals surface area contributed by atoms with Crippen LogP contribution in [0.5, 0.6) is 0 Å². The monoisotopic (exact) mass is 365 g/mol. The van der Waals surface area contributed by atoms with Crippen molar-refractivity contribution in [2.75, 3.05) is 7.05 Å². The van der Waals surface area contributed by atoms with Gasteiger partial charge in [0.25, 0.3) is 0 Å². The third-order valence-corrected chi connectivity index (χ3v) is 4.11. The SMILES string of the molecule is CNC(c1cc(Cl)cc(Br)c1)c1cccc(CC(C)C)c1. The second-order valence-electron chi connectivity index (χ2n) is 5.77. The predicted molar refractivity (Wildman–Crippen MR) is 95.0 cm³/mol. The van der Waals surface area contributed by atoms with Crippen LogP contribution in [0.15, 0.2) is 46.9 Å². The molecule has 0 spiro atoms. The second-order valence-corrected chi connectivity index (χ2v) is 7.12. The van der Waals surface area contributed by atoms with E-state index in [0.717, 1.165) is 15.9 Å². The van der Waals surface area contributed by atoms with Crippen LogP contribution in [0.3, 0.4) is 0 Å². The fourth-order valence-corrected chi connectivity index (χ4v) is 3.52. The maximum Gasteiger partial charge on any atom is 0.0575 e. The fraction of sp³-hybridized carbons (Fsp3) is 0.333. The molecule has 0 saturated carbocycles. The van der Waals surface area contributed by atoms with E-state index in [4.69, 9.17) is 11.6 Å². The Morgan fingerprint density at radius 2 is 1.86 bits per heavy atom. The number of hydrogen-bond acceptors (Lipinski definition) is 1. The summed E-state index contributed by atoms with van der Waals surface area (Å²) >= 11 is 9.70. The topological polar surface area (TPSA) is 12.0 Å². The molecular weight excluding hydrogens is 346 g/mol. The average Bonchev–Trinajstić information content (AvgIpc) is 2.38. The minimum atomic E-state index is 0.145. The molecule has 0 aliphatic carbocycles. The van der Waals surface area contributed by atoms with Crippen molar-refractivity contribution < 1.29 is 0 Å². The first-order valence-electron chi connectivity index (χ1n) is 7.21. The van der Waals surface area contributed by atoms with Crippen LogP contribution in [0.4, 0.5) is 0 Å². The summed E-state index contributed by atoms with van der Waals surface area (Å²) in [5, 5.41) is 4.14. The largest absolute Gasteiger partial charge is 0.309 e. The molecule has 0 aliphatic heterocycles. The molecule has 0 bridgehead atoms. The van der Waals surface area contributed by atoms with Crippen LogP contribution in [-0.4, -0.2) is 7.05 Å². The Bertz CT molecular complexity index is 590. The fourth-order valence-electron chi connectivity index (χ4n) is 2.64. The lowest BCUT2D eigenvalue weighted by molar-refractivity contribution is 0.643. The van der Waals surface area contributed by atoms with E-state index >= 15 is 0 Å². The zero-order valence-electron chi connectivity index (χ0n) is 12.7. The van der Waals surface area contributed by atoms with Gasteiger partial charge in [0.05, 0.1) is 6.04 Å². The van der Waals surface area contributed by atoms with Gasteiger partial charge >= 0.3 is 0 Å². The molecule has 0 fully saturated rings. The number of rotatable bonds is 5. The molecule has 2 aromatic carbocycles. The van der Waals surface area contributed by atoms with Gasteiger partial charge in [0.15, 0.2) is 0 Å². The van der Waals surface area contributed by atoms with Gasteiger partial charge in [-0.3, -0.25) is 0 Å². The zero-order valence-corrected chi connectivity index (χ0v) is 15.0. The van der Waals surface area contributed by atoms with Gasteiger partial charge in [-0.25, -0.2) is 0 Å². The van der Waals surface area contributed by atoms with E-state index in [0.29, 0.717) is 5.92 Å². The summed E-state index contributed by atoms with van der Waals surface area (Å²) in [5.74, 6) is 0.661. The van der Waals surface area contributed by atoms with Crippen molar-refractivity contribution in [3.8, 4) is 0 Å². The Balaban J connectivity index is 2.36. The van der Waals surface area contributed by atoms with Crippen molar-refractivity contribution in [1.82, 2.24) is 5.32 Å². The maximum absolute atomic E-state index is 6.18. The van der Waals surface area contributed by atoms with E-state index in [-0.39, 0.29) is 6.04 Å². The Morgan fingerprint density at radius 3 is 2.48 bits per heavy atom. The minimum Gasteiger partial charge on any atom is -0.309 e. The Morgan fingerprint density at radius 1 is 1.10 bits per heavy atom. The summed E-state index contributed by atoms with van der Waals surface area (Å²) in [6.45, 7) is 4.49. The number of halogens is 2. The van der Waals surface area contributed by atoms with Gasteiger partial charge < -0.3 is 5.32 Å². The molecule has 21 heavy (non-hydrogen) atoms. The van der Waals surface area contributed by atoms with Crippen LogP contribution < -0.4 is 5.32 Å². The van der Waals surface area contributed by atoms with E-state index in [1.165, 1.54) is 16.7 Å². The molecule has 1 atom stereocenters. The summed E-state index contributed by atoms with van der Waals surface area (Å²) in [4.78, 5) is 0. The lowest BCUT2D eigenvalue weighted by atomic mass is 9.95. The van der Waals surface area contributed by atoms with Crippen LogP contribution in [0, 0.1) is 5.92 Å². The van der Waals surface area contributed by atoms with E-state index < -0.39 is 0 Å². The third-order valence-electron chi connectivity index (χ3n) is 3.44. The lowest BCUT2D eigenvalue weighted by Crippen LogP contribution is -2.18. The first-order chi connectivity index (χ1) is 9.99. The minimum absolute atomic E-state index is 0.145. The molecule has 1 unspecified atom stereocenters. The van der Waals surface area contributed by atoms with Crippen molar-refractivity contribution >= 4 is 27.5 Å². The molecule has 0 aliphatic rings. The molecule has 0 heterocycles. The predicted octanol–water partition coefficient (Wildman–Crippen LogP) is 5.61. The van der Waals surface area contributed by atoms with Gasteiger partial charge in [-0.15, -0.1) is 0 Å². The van der Waals surface area contributed by atoms with E-state index in [1.807, 2.05) is 19.2 Å². The van der Waals surface area contributed by atoms with Gasteiger partial charge in [-0.1, -0.05) is 65.6 Å². The summed E-state index contributed by atoms with van der Waals surface area (Å²) in [6.07, 6.45) is 1.10. The first-order valence-corrected chi connectivity index (χ1v) is 8.38. The molecule has 0 saturated heterocycles. The maximum atomic E-state index is 6.18. The summed E-state index contributed by atoms with van der Waals surface area (Å²) in [7, 11) is 1.98. The van der Waals surface area contributed by atoms with Crippen LogP contribution in [0.2, 0.25) is 5.02 Å². The normalized spacial score (nSPS) is 12.7. The Hall–Kier alpha value is -0.830. The van der Waals surface area contributed by atoms with Crippen LogP contribution >= 0.6 is 27.5 Å². The highest BCUT2D eigenvalue weighted by Crippen LogP contribution is 2.28. The molecule has 112 valence electrons. The van der Waals surface area contributed by atoms with Gasteiger partial charge in [-0.2, -0.15) is 0 Å². The van der Waals surface area contributed by atoms with E-state index in [9.17, 15) is 0 Å². The summed E-state index contributed by atoms with van der Waals surface area (Å²) in [6, 6.07) is 15.0. The zero-order chi connectivity index (χ0) is 15.4. The smallest absolute Gasteiger partial charge is 0.0575 e. The van der Waals surface area contributed by atoms with Crippen LogP contribution in [0.1, 0.15) is 36.6 Å². The highest BCUT2D eigenvalue weighted by molar-refractivity contribution is 9.10. The molecule has 2 aromatic rings. The molecule has 3 heteroatoms.